The molecule has 0 aliphatic rings. The zero-order chi connectivity index (χ0) is 15.1. The normalized spacial score (nSPS) is 10.6. The van der Waals surface area contributed by atoms with E-state index in [2.05, 4.69) is 4.99 Å². The molecule has 4 heteroatoms. The quantitative estimate of drug-likeness (QED) is 0.624. The van der Waals surface area contributed by atoms with E-state index in [0.29, 0.717) is 17.7 Å². The maximum atomic E-state index is 11.6. The number of aliphatic imine (C=N–C) groups is 1. The van der Waals surface area contributed by atoms with Crippen molar-refractivity contribution in [1.29, 1.82) is 0 Å². The number of carbonyl (C=O) groups excluding carboxylic acids is 1. The molecular formula is C17H17NO3. The number of para-hydroxylation sites is 1. The molecule has 108 valence electrons. The van der Waals surface area contributed by atoms with Crippen LogP contribution in [-0.2, 0) is 11.2 Å². The van der Waals surface area contributed by atoms with Crippen LogP contribution in [0.1, 0.15) is 15.9 Å². The molecular weight excluding hydrogens is 266 g/mol. The topological polar surface area (TPSA) is 47.9 Å². The zero-order valence-corrected chi connectivity index (χ0v) is 12.1. The highest BCUT2D eigenvalue weighted by atomic mass is 16.5. The molecule has 0 saturated carbocycles. The molecule has 0 atom stereocenters. The third kappa shape index (κ3) is 3.92. The summed E-state index contributed by atoms with van der Waals surface area (Å²) in [4.78, 5) is 16.0. The third-order valence-electron chi connectivity index (χ3n) is 3.03. The Balaban J connectivity index is 2.09. The fourth-order valence-electron chi connectivity index (χ4n) is 1.88. The standard InChI is InChI=1S/C17H17NO3/c1-20-14-9-7-13(8-10-14)11-12-18-16-6-4-3-5-15(16)17(19)21-2/h3-10,12H,11H2,1-2H3. The molecule has 0 aromatic heterocycles. The van der Waals surface area contributed by atoms with Gasteiger partial charge < -0.3 is 9.47 Å². The number of ether oxygens (including phenoxy) is 2. The Morgan fingerprint density at radius 1 is 1.10 bits per heavy atom. The molecule has 0 aliphatic carbocycles. The van der Waals surface area contributed by atoms with Crippen LogP contribution in [0.15, 0.2) is 53.5 Å². The Morgan fingerprint density at radius 3 is 2.48 bits per heavy atom. The Kier molecular flexibility index (Phi) is 5.10. The molecule has 2 aromatic carbocycles. The number of nitrogens with zero attached hydrogens (tertiary/aromatic N) is 1. The minimum atomic E-state index is -0.382. The summed E-state index contributed by atoms with van der Waals surface area (Å²) >= 11 is 0. The molecule has 2 rings (SSSR count). The van der Waals surface area contributed by atoms with Crippen LogP contribution in [0.25, 0.3) is 0 Å². The first kappa shape index (κ1) is 14.8. The van der Waals surface area contributed by atoms with Crippen molar-refractivity contribution in [3.05, 3.63) is 59.7 Å². The number of hydrogen-bond acceptors (Lipinski definition) is 4. The number of esters is 1. The highest BCUT2D eigenvalue weighted by Crippen LogP contribution is 2.19. The van der Waals surface area contributed by atoms with Crippen LogP contribution in [0.4, 0.5) is 5.69 Å². The van der Waals surface area contributed by atoms with E-state index in [4.69, 9.17) is 9.47 Å². The lowest BCUT2D eigenvalue weighted by atomic mass is 10.1. The monoisotopic (exact) mass is 283 g/mol. The smallest absolute Gasteiger partial charge is 0.340 e. The van der Waals surface area contributed by atoms with Gasteiger partial charge in [0.1, 0.15) is 5.75 Å². The van der Waals surface area contributed by atoms with Crippen molar-refractivity contribution in [2.45, 2.75) is 6.42 Å². The first-order valence-corrected chi connectivity index (χ1v) is 6.57. The Bertz CT molecular complexity index is 633. The lowest BCUT2D eigenvalue weighted by molar-refractivity contribution is 0.0601. The van der Waals surface area contributed by atoms with E-state index < -0.39 is 0 Å². The molecule has 0 fully saturated rings. The lowest BCUT2D eigenvalue weighted by Crippen LogP contribution is -2.01. The molecule has 0 saturated heterocycles. The fraction of sp³-hybridized carbons (Fsp3) is 0.176. The van der Waals surface area contributed by atoms with Gasteiger partial charge in [0, 0.05) is 12.6 Å². The molecule has 0 heterocycles. The van der Waals surface area contributed by atoms with Gasteiger partial charge in [0.2, 0.25) is 0 Å². The summed E-state index contributed by atoms with van der Waals surface area (Å²) in [6.45, 7) is 0. The summed E-state index contributed by atoms with van der Waals surface area (Å²) in [6, 6.07) is 14.9. The van der Waals surface area contributed by atoms with Crippen LogP contribution < -0.4 is 4.74 Å². The second-order valence-corrected chi connectivity index (χ2v) is 4.37. The summed E-state index contributed by atoms with van der Waals surface area (Å²) < 4.78 is 9.85. The van der Waals surface area contributed by atoms with Gasteiger partial charge in [-0.25, -0.2) is 4.79 Å². The largest absolute Gasteiger partial charge is 0.497 e. The van der Waals surface area contributed by atoms with Crippen LogP contribution in [0.3, 0.4) is 0 Å². The highest BCUT2D eigenvalue weighted by molar-refractivity contribution is 5.95. The third-order valence-corrected chi connectivity index (χ3v) is 3.03. The Hall–Kier alpha value is -2.62. The van der Waals surface area contributed by atoms with Gasteiger partial charge in [-0.3, -0.25) is 4.99 Å². The second-order valence-electron chi connectivity index (χ2n) is 4.37. The van der Waals surface area contributed by atoms with Crippen LogP contribution >= 0.6 is 0 Å². The first-order valence-electron chi connectivity index (χ1n) is 6.57. The maximum absolute atomic E-state index is 11.6. The summed E-state index contributed by atoms with van der Waals surface area (Å²) in [5.41, 5.74) is 2.19. The molecule has 0 amide bonds. The SMILES string of the molecule is COC(=O)c1ccccc1N=CCc1ccc(OC)cc1. The molecule has 0 aliphatic heterocycles. The summed E-state index contributed by atoms with van der Waals surface area (Å²) in [7, 11) is 3.00. The molecule has 0 radical (unpaired) electrons. The Morgan fingerprint density at radius 2 is 1.81 bits per heavy atom. The highest BCUT2D eigenvalue weighted by Gasteiger charge is 2.09. The number of carbonyl (C=O) groups is 1. The summed E-state index contributed by atoms with van der Waals surface area (Å²) in [5, 5.41) is 0. The van der Waals surface area contributed by atoms with E-state index in [1.54, 1.807) is 31.5 Å². The van der Waals surface area contributed by atoms with Gasteiger partial charge in [0.25, 0.3) is 0 Å². The minimum absolute atomic E-state index is 0.382. The van der Waals surface area contributed by atoms with Crippen molar-refractivity contribution in [2.24, 2.45) is 4.99 Å². The van der Waals surface area contributed by atoms with Gasteiger partial charge in [-0.05, 0) is 29.8 Å². The molecule has 2 aromatic rings. The minimum Gasteiger partial charge on any atom is -0.497 e. The molecule has 0 N–H and O–H groups in total. The van der Waals surface area contributed by atoms with E-state index in [1.165, 1.54) is 7.11 Å². The van der Waals surface area contributed by atoms with Gasteiger partial charge in [-0.15, -0.1) is 0 Å². The van der Waals surface area contributed by atoms with Crippen molar-refractivity contribution in [3.8, 4) is 5.75 Å². The van der Waals surface area contributed by atoms with Crippen LogP contribution in [0, 0.1) is 0 Å². The fourth-order valence-corrected chi connectivity index (χ4v) is 1.88. The maximum Gasteiger partial charge on any atom is 0.340 e. The van der Waals surface area contributed by atoms with Gasteiger partial charge in [-0.2, -0.15) is 0 Å². The van der Waals surface area contributed by atoms with Gasteiger partial charge in [0.05, 0.1) is 25.5 Å². The van der Waals surface area contributed by atoms with E-state index >= 15 is 0 Å². The molecule has 4 nitrogen and oxygen atoms in total. The average molecular weight is 283 g/mol. The second kappa shape index (κ2) is 7.24. The summed E-state index contributed by atoms with van der Waals surface area (Å²) in [5.74, 6) is 0.443. The van der Waals surface area contributed by atoms with Crippen LogP contribution in [-0.4, -0.2) is 26.4 Å². The lowest BCUT2D eigenvalue weighted by Gasteiger charge is -2.03. The van der Waals surface area contributed by atoms with Crippen molar-refractivity contribution in [1.82, 2.24) is 0 Å². The van der Waals surface area contributed by atoms with E-state index in [1.807, 2.05) is 30.3 Å². The van der Waals surface area contributed by atoms with Crippen LogP contribution in [0.5, 0.6) is 5.75 Å². The van der Waals surface area contributed by atoms with Gasteiger partial charge >= 0.3 is 5.97 Å². The van der Waals surface area contributed by atoms with Gasteiger partial charge in [0.15, 0.2) is 0 Å². The van der Waals surface area contributed by atoms with Gasteiger partial charge in [-0.1, -0.05) is 24.3 Å². The van der Waals surface area contributed by atoms with E-state index in [-0.39, 0.29) is 5.97 Å². The van der Waals surface area contributed by atoms with Crippen molar-refractivity contribution in [2.75, 3.05) is 14.2 Å². The first-order chi connectivity index (χ1) is 10.2. The number of hydrogen-bond donors (Lipinski definition) is 0. The Labute approximate surface area is 124 Å². The number of benzene rings is 2. The predicted molar refractivity (Wildman–Crippen MR) is 82.6 cm³/mol. The number of methoxy groups -OCH3 is 2. The van der Waals surface area contributed by atoms with E-state index in [9.17, 15) is 4.79 Å². The van der Waals surface area contributed by atoms with Crippen molar-refractivity contribution < 1.29 is 14.3 Å². The van der Waals surface area contributed by atoms with Crippen molar-refractivity contribution in [3.63, 3.8) is 0 Å². The molecule has 0 unspecified atom stereocenters. The van der Waals surface area contributed by atoms with Crippen LogP contribution in [0.2, 0.25) is 0 Å². The number of rotatable bonds is 5. The molecule has 21 heavy (non-hydrogen) atoms. The zero-order valence-electron chi connectivity index (χ0n) is 12.1. The predicted octanol–water partition coefficient (Wildman–Crippen LogP) is 3.43. The molecule has 0 bridgehead atoms. The average Bonchev–Trinajstić information content (AvgIpc) is 2.55. The molecule has 0 spiro atoms. The summed E-state index contributed by atoms with van der Waals surface area (Å²) in [6.07, 6.45) is 2.46. The van der Waals surface area contributed by atoms with E-state index in [0.717, 1.165) is 11.3 Å². The van der Waals surface area contributed by atoms with Crippen molar-refractivity contribution >= 4 is 17.9 Å².